The molecular formula is C10H16ClNOS. The van der Waals surface area contributed by atoms with Crippen molar-refractivity contribution in [2.24, 2.45) is 0 Å². The monoisotopic (exact) mass is 233 g/mol. The molecule has 0 N–H and O–H groups in total. The van der Waals surface area contributed by atoms with E-state index >= 15 is 0 Å². The highest BCUT2D eigenvalue weighted by Crippen LogP contribution is 2.11. The molecule has 2 nitrogen and oxygen atoms in total. The SMILES string of the molecule is COCCN(CCCl)Cc1cccs1. The van der Waals surface area contributed by atoms with Crippen LogP contribution in [0.3, 0.4) is 0 Å². The van der Waals surface area contributed by atoms with Crippen LogP contribution < -0.4 is 0 Å². The molecule has 14 heavy (non-hydrogen) atoms. The van der Waals surface area contributed by atoms with Gasteiger partial charge in [-0.2, -0.15) is 0 Å². The van der Waals surface area contributed by atoms with E-state index in [0.29, 0.717) is 5.88 Å². The lowest BCUT2D eigenvalue weighted by Gasteiger charge is -2.19. The van der Waals surface area contributed by atoms with Crippen LogP contribution in [0.2, 0.25) is 0 Å². The van der Waals surface area contributed by atoms with Crippen LogP contribution in [-0.4, -0.2) is 37.6 Å². The maximum Gasteiger partial charge on any atom is 0.0589 e. The fourth-order valence-electron chi connectivity index (χ4n) is 1.23. The summed E-state index contributed by atoms with van der Waals surface area (Å²) in [6, 6.07) is 4.23. The topological polar surface area (TPSA) is 12.5 Å². The first-order valence-electron chi connectivity index (χ1n) is 4.66. The van der Waals surface area contributed by atoms with Crippen LogP contribution in [0.4, 0.5) is 0 Å². The quantitative estimate of drug-likeness (QED) is 0.671. The van der Waals surface area contributed by atoms with Crippen molar-refractivity contribution in [3.63, 3.8) is 0 Å². The Morgan fingerprint density at radius 1 is 1.50 bits per heavy atom. The molecule has 0 amide bonds. The van der Waals surface area contributed by atoms with E-state index in [-0.39, 0.29) is 0 Å². The highest BCUT2D eigenvalue weighted by Gasteiger charge is 2.05. The van der Waals surface area contributed by atoms with Gasteiger partial charge in [-0.05, 0) is 11.4 Å². The Balaban J connectivity index is 2.34. The number of rotatable bonds is 7. The Hall–Kier alpha value is -0.0900. The lowest BCUT2D eigenvalue weighted by molar-refractivity contribution is 0.148. The summed E-state index contributed by atoms with van der Waals surface area (Å²) in [5.74, 6) is 0.676. The normalized spacial score (nSPS) is 11.1. The number of thiophene rings is 1. The third-order valence-corrected chi connectivity index (χ3v) is 3.00. The lowest BCUT2D eigenvalue weighted by atomic mass is 10.4. The first-order chi connectivity index (χ1) is 6.86. The predicted octanol–water partition coefficient (Wildman–Crippen LogP) is 2.44. The number of hydrogen-bond acceptors (Lipinski definition) is 3. The van der Waals surface area contributed by atoms with Gasteiger partial charge in [0.25, 0.3) is 0 Å². The van der Waals surface area contributed by atoms with Crippen LogP contribution in [0.15, 0.2) is 17.5 Å². The Bertz CT molecular complexity index is 228. The van der Waals surface area contributed by atoms with Gasteiger partial charge in [0.2, 0.25) is 0 Å². The second-order valence-electron chi connectivity index (χ2n) is 3.04. The summed E-state index contributed by atoms with van der Waals surface area (Å²) in [6.07, 6.45) is 0. The molecule has 4 heteroatoms. The number of alkyl halides is 1. The van der Waals surface area contributed by atoms with Crippen molar-refractivity contribution < 1.29 is 4.74 Å². The molecule has 80 valence electrons. The average molecular weight is 234 g/mol. The standard InChI is InChI=1S/C10H16ClNOS/c1-13-7-6-12(5-4-11)9-10-3-2-8-14-10/h2-3,8H,4-7,9H2,1H3. The minimum Gasteiger partial charge on any atom is -0.383 e. The fraction of sp³-hybridized carbons (Fsp3) is 0.600. The molecule has 0 bridgehead atoms. The van der Waals surface area contributed by atoms with Gasteiger partial charge in [-0.3, -0.25) is 4.90 Å². The maximum absolute atomic E-state index is 5.74. The van der Waals surface area contributed by atoms with Gasteiger partial charge in [0.05, 0.1) is 6.61 Å². The number of ether oxygens (including phenoxy) is 1. The van der Waals surface area contributed by atoms with Crippen LogP contribution in [0.25, 0.3) is 0 Å². The average Bonchev–Trinajstić information content (AvgIpc) is 2.67. The first-order valence-corrected chi connectivity index (χ1v) is 6.08. The van der Waals surface area contributed by atoms with Gasteiger partial charge >= 0.3 is 0 Å². The molecule has 1 aromatic heterocycles. The van der Waals surface area contributed by atoms with Crippen LogP contribution in [0.5, 0.6) is 0 Å². The van der Waals surface area contributed by atoms with E-state index in [9.17, 15) is 0 Å². The molecule has 0 radical (unpaired) electrons. The molecule has 0 fully saturated rings. The summed E-state index contributed by atoms with van der Waals surface area (Å²) in [7, 11) is 1.73. The Labute approximate surface area is 94.4 Å². The third kappa shape index (κ3) is 4.42. The number of hydrogen-bond donors (Lipinski definition) is 0. The van der Waals surface area contributed by atoms with Crippen LogP contribution in [0.1, 0.15) is 4.88 Å². The summed E-state index contributed by atoms with van der Waals surface area (Å²) >= 11 is 7.52. The van der Waals surface area contributed by atoms with Crippen molar-refractivity contribution in [3.05, 3.63) is 22.4 Å². The zero-order chi connectivity index (χ0) is 10.2. The Morgan fingerprint density at radius 2 is 2.36 bits per heavy atom. The molecule has 0 saturated carbocycles. The van der Waals surface area contributed by atoms with Crippen molar-refractivity contribution in [1.82, 2.24) is 4.90 Å². The van der Waals surface area contributed by atoms with Crippen molar-refractivity contribution >= 4 is 22.9 Å². The van der Waals surface area contributed by atoms with Crippen molar-refractivity contribution in [1.29, 1.82) is 0 Å². The highest BCUT2D eigenvalue weighted by atomic mass is 35.5. The molecular weight excluding hydrogens is 218 g/mol. The molecule has 0 saturated heterocycles. The minimum absolute atomic E-state index is 0.676. The van der Waals surface area contributed by atoms with Crippen molar-refractivity contribution in [3.8, 4) is 0 Å². The molecule has 0 aliphatic heterocycles. The van der Waals surface area contributed by atoms with Gasteiger partial charge < -0.3 is 4.74 Å². The first kappa shape index (κ1) is 12.0. The minimum atomic E-state index is 0.676. The van der Waals surface area contributed by atoms with E-state index in [2.05, 4.69) is 22.4 Å². The lowest BCUT2D eigenvalue weighted by Crippen LogP contribution is -2.28. The van der Waals surface area contributed by atoms with E-state index in [4.69, 9.17) is 16.3 Å². The van der Waals surface area contributed by atoms with Crippen LogP contribution in [-0.2, 0) is 11.3 Å². The van der Waals surface area contributed by atoms with E-state index < -0.39 is 0 Å². The van der Waals surface area contributed by atoms with Gasteiger partial charge in [-0.1, -0.05) is 6.07 Å². The van der Waals surface area contributed by atoms with E-state index in [1.165, 1.54) is 4.88 Å². The molecule has 1 heterocycles. The largest absolute Gasteiger partial charge is 0.383 e. The zero-order valence-electron chi connectivity index (χ0n) is 8.41. The van der Waals surface area contributed by atoms with E-state index in [1.807, 2.05) is 0 Å². The van der Waals surface area contributed by atoms with Gasteiger partial charge in [0, 0.05) is 37.5 Å². The van der Waals surface area contributed by atoms with Gasteiger partial charge in [0.1, 0.15) is 0 Å². The van der Waals surface area contributed by atoms with Crippen LogP contribution >= 0.6 is 22.9 Å². The molecule has 0 aromatic carbocycles. The second kappa shape index (κ2) is 7.23. The summed E-state index contributed by atoms with van der Waals surface area (Å²) in [5, 5.41) is 2.10. The number of halogens is 1. The van der Waals surface area contributed by atoms with Gasteiger partial charge in [0.15, 0.2) is 0 Å². The highest BCUT2D eigenvalue weighted by molar-refractivity contribution is 7.09. The molecule has 0 aliphatic rings. The fourth-order valence-corrected chi connectivity index (χ4v) is 2.22. The maximum atomic E-state index is 5.74. The van der Waals surface area contributed by atoms with Crippen molar-refractivity contribution in [2.75, 3.05) is 32.7 Å². The summed E-state index contributed by atoms with van der Waals surface area (Å²) in [5.41, 5.74) is 0. The zero-order valence-corrected chi connectivity index (χ0v) is 9.98. The molecule has 0 atom stereocenters. The Morgan fingerprint density at radius 3 is 2.93 bits per heavy atom. The number of nitrogens with zero attached hydrogens (tertiary/aromatic N) is 1. The summed E-state index contributed by atoms with van der Waals surface area (Å²) < 4.78 is 5.06. The van der Waals surface area contributed by atoms with Crippen LogP contribution in [0, 0.1) is 0 Å². The molecule has 0 spiro atoms. The summed E-state index contributed by atoms with van der Waals surface area (Å²) in [6.45, 7) is 3.61. The number of methoxy groups -OCH3 is 1. The molecule has 1 aromatic rings. The Kier molecular flexibility index (Phi) is 6.19. The molecule has 0 unspecified atom stereocenters. The van der Waals surface area contributed by atoms with E-state index in [1.54, 1.807) is 18.4 Å². The predicted molar refractivity (Wildman–Crippen MR) is 62.2 cm³/mol. The van der Waals surface area contributed by atoms with E-state index in [0.717, 1.165) is 26.2 Å². The summed E-state index contributed by atoms with van der Waals surface area (Å²) in [4.78, 5) is 3.69. The van der Waals surface area contributed by atoms with Gasteiger partial charge in [-0.15, -0.1) is 22.9 Å². The molecule has 0 aliphatic carbocycles. The van der Waals surface area contributed by atoms with Gasteiger partial charge in [-0.25, -0.2) is 0 Å². The molecule has 1 rings (SSSR count). The smallest absolute Gasteiger partial charge is 0.0589 e. The third-order valence-electron chi connectivity index (χ3n) is 1.97. The second-order valence-corrected chi connectivity index (χ2v) is 4.45. The van der Waals surface area contributed by atoms with Crippen molar-refractivity contribution in [2.45, 2.75) is 6.54 Å².